The van der Waals surface area contributed by atoms with Crippen LogP contribution in [0.5, 0.6) is 0 Å². The summed E-state index contributed by atoms with van der Waals surface area (Å²) in [7, 11) is 0. The largest absolute Gasteiger partial charge is 0.417 e. The summed E-state index contributed by atoms with van der Waals surface area (Å²) < 4.78 is 38.1. The van der Waals surface area contributed by atoms with Gasteiger partial charge in [0, 0.05) is 6.04 Å². The summed E-state index contributed by atoms with van der Waals surface area (Å²) in [5.41, 5.74) is -1.22. The second-order valence-corrected chi connectivity index (χ2v) is 4.21. The molecule has 5 heteroatoms. The molecule has 0 bridgehead atoms. The molecule has 0 aliphatic carbocycles. The highest BCUT2D eigenvalue weighted by atomic mass is 19.4. The predicted octanol–water partition coefficient (Wildman–Crippen LogP) is 3.62. The molecule has 0 unspecified atom stereocenters. The van der Waals surface area contributed by atoms with E-state index in [1.165, 1.54) is 18.2 Å². The SMILES string of the molecule is CCC[C@@H](C)NC(=O)c1ccccc1C(F)(F)F. The zero-order chi connectivity index (χ0) is 13.8. The number of hydrogen-bond acceptors (Lipinski definition) is 1. The van der Waals surface area contributed by atoms with Gasteiger partial charge >= 0.3 is 6.18 Å². The Morgan fingerprint density at radius 2 is 1.94 bits per heavy atom. The van der Waals surface area contributed by atoms with Crippen LogP contribution in [0.25, 0.3) is 0 Å². The molecule has 0 spiro atoms. The second kappa shape index (κ2) is 5.89. The molecule has 0 aromatic heterocycles. The number of hydrogen-bond donors (Lipinski definition) is 1. The van der Waals surface area contributed by atoms with Crippen molar-refractivity contribution in [2.45, 2.75) is 38.9 Å². The number of halogens is 3. The van der Waals surface area contributed by atoms with E-state index in [-0.39, 0.29) is 11.6 Å². The van der Waals surface area contributed by atoms with Crippen molar-refractivity contribution in [3.63, 3.8) is 0 Å². The standard InChI is InChI=1S/C13H16F3NO/c1-3-6-9(2)17-12(18)10-7-4-5-8-11(10)13(14,15)16/h4-5,7-9H,3,6H2,1-2H3,(H,17,18)/t9-/m1/s1. The van der Waals surface area contributed by atoms with E-state index < -0.39 is 17.6 Å². The fraction of sp³-hybridized carbons (Fsp3) is 0.462. The Bertz CT molecular complexity index is 415. The number of amides is 1. The quantitative estimate of drug-likeness (QED) is 0.879. The van der Waals surface area contributed by atoms with Crippen molar-refractivity contribution in [2.24, 2.45) is 0 Å². The van der Waals surface area contributed by atoms with E-state index in [0.717, 1.165) is 18.9 Å². The number of carbonyl (C=O) groups is 1. The Kier molecular flexibility index (Phi) is 4.76. The molecule has 0 saturated heterocycles. The monoisotopic (exact) mass is 259 g/mol. The van der Waals surface area contributed by atoms with Crippen molar-refractivity contribution in [1.29, 1.82) is 0 Å². The molecule has 0 saturated carbocycles. The van der Waals surface area contributed by atoms with E-state index in [1.54, 1.807) is 6.92 Å². The molecule has 1 aromatic rings. The minimum absolute atomic E-state index is 0.135. The van der Waals surface area contributed by atoms with E-state index in [0.29, 0.717) is 0 Å². The first-order valence-electron chi connectivity index (χ1n) is 5.83. The van der Waals surface area contributed by atoms with Crippen LogP contribution in [-0.4, -0.2) is 11.9 Å². The summed E-state index contributed by atoms with van der Waals surface area (Å²) in [6.45, 7) is 3.73. The fourth-order valence-corrected chi connectivity index (χ4v) is 1.74. The van der Waals surface area contributed by atoms with Gasteiger partial charge in [-0.25, -0.2) is 0 Å². The summed E-state index contributed by atoms with van der Waals surface area (Å²) in [5.74, 6) is -0.677. The van der Waals surface area contributed by atoms with E-state index in [4.69, 9.17) is 0 Å². The summed E-state index contributed by atoms with van der Waals surface area (Å²) >= 11 is 0. The van der Waals surface area contributed by atoms with Gasteiger partial charge in [0.05, 0.1) is 11.1 Å². The Balaban J connectivity index is 2.93. The van der Waals surface area contributed by atoms with Gasteiger partial charge in [0.1, 0.15) is 0 Å². The molecule has 0 aliphatic heterocycles. The molecule has 0 fully saturated rings. The Labute approximate surface area is 104 Å². The Morgan fingerprint density at radius 1 is 1.33 bits per heavy atom. The highest BCUT2D eigenvalue weighted by molar-refractivity contribution is 5.96. The van der Waals surface area contributed by atoms with E-state index in [1.807, 2.05) is 6.92 Å². The van der Waals surface area contributed by atoms with Crippen LogP contribution in [0.2, 0.25) is 0 Å². The number of benzene rings is 1. The first kappa shape index (κ1) is 14.5. The number of alkyl halides is 3. The molecular weight excluding hydrogens is 243 g/mol. The zero-order valence-electron chi connectivity index (χ0n) is 10.3. The van der Waals surface area contributed by atoms with Crippen molar-refractivity contribution in [2.75, 3.05) is 0 Å². The van der Waals surface area contributed by atoms with Crippen molar-refractivity contribution in [3.05, 3.63) is 35.4 Å². The van der Waals surface area contributed by atoms with Gasteiger partial charge in [-0.05, 0) is 25.5 Å². The molecular formula is C13H16F3NO. The topological polar surface area (TPSA) is 29.1 Å². The van der Waals surface area contributed by atoms with E-state index in [9.17, 15) is 18.0 Å². The number of carbonyl (C=O) groups excluding carboxylic acids is 1. The highest BCUT2D eigenvalue weighted by Gasteiger charge is 2.34. The molecule has 0 heterocycles. The first-order chi connectivity index (χ1) is 8.36. The van der Waals surface area contributed by atoms with Gasteiger partial charge in [-0.1, -0.05) is 25.5 Å². The van der Waals surface area contributed by atoms with Crippen molar-refractivity contribution < 1.29 is 18.0 Å². The van der Waals surface area contributed by atoms with Crippen LogP contribution in [0.1, 0.15) is 42.6 Å². The molecule has 18 heavy (non-hydrogen) atoms. The van der Waals surface area contributed by atoms with Gasteiger partial charge in [0.2, 0.25) is 0 Å². The van der Waals surface area contributed by atoms with E-state index >= 15 is 0 Å². The summed E-state index contributed by atoms with van der Waals surface area (Å²) in [6, 6.07) is 4.67. The third-order valence-electron chi connectivity index (χ3n) is 2.58. The molecule has 0 aliphatic rings. The molecule has 1 rings (SSSR count). The van der Waals surface area contributed by atoms with E-state index in [2.05, 4.69) is 5.32 Å². The summed E-state index contributed by atoms with van der Waals surface area (Å²) in [4.78, 5) is 11.8. The molecule has 2 nitrogen and oxygen atoms in total. The van der Waals surface area contributed by atoms with Crippen molar-refractivity contribution in [3.8, 4) is 0 Å². The minimum atomic E-state index is -4.51. The third kappa shape index (κ3) is 3.75. The highest BCUT2D eigenvalue weighted by Crippen LogP contribution is 2.31. The average molecular weight is 259 g/mol. The van der Waals surface area contributed by atoms with Crippen LogP contribution in [0.3, 0.4) is 0 Å². The maximum absolute atomic E-state index is 12.7. The zero-order valence-corrected chi connectivity index (χ0v) is 10.3. The number of rotatable bonds is 4. The van der Waals surface area contributed by atoms with Crippen LogP contribution < -0.4 is 5.32 Å². The lowest BCUT2D eigenvalue weighted by Crippen LogP contribution is -2.33. The van der Waals surface area contributed by atoms with Crippen LogP contribution in [0, 0.1) is 0 Å². The van der Waals surface area contributed by atoms with Crippen molar-refractivity contribution in [1.82, 2.24) is 5.32 Å². The molecule has 0 radical (unpaired) electrons. The molecule has 1 aromatic carbocycles. The van der Waals surface area contributed by atoms with Gasteiger partial charge in [-0.15, -0.1) is 0 Å². The second-order valence-electron chi connectivity index (χ2n) is 4.21. The van der Waals surface area contributed by atoms with Gasteiger partial charge in [0.15, 0.2) is 0 Å². The lowest BCUT2D eigenvalue weighted by Gasteiger charge is -2.16. The smallest absolute Gasteiger partial charge is 0.350 e. The summed E-state index contributed by atoms with van der Waals surface area (Å²) in [6.07, 6.45) is -2.91. The van der Waals surface area contributed by atoms with Crippen LogP contribution in [0.4, 0.5) is 13.2 Å². The average Bonchev–Trinajstić information content (AvgIpc) is 2.28. The minimum Gasteiger partial charge on any atom is -0.350 e. The predicted molar refractivity (Wildman–Crippen MR) is 63.3 cm³/mol. The van der Waals surface area contributed by atoms with Gasteiger partial charge in [-0.3, -0.25) is 4.79 Å². The molecule has 1 amide bonds. The molecule has 1 N–H and O–H groups in total. The lowest BCUT2D eigenvalue weighted by molar-refractivity contribution is -0.137. The van der Waals surface area contributed by atoms with Crippen LogP contribution in [0.15, 0.2) is 24.3 Å². The van der Waals surface area contributed by atoms with Gasteiger partial charge < -0.3 is 5.32 Å². The van der Waals surface area contributed by atoms with Gasteiger partial charge in [0.25, 0.3) is 5.91 Å². The number of nitrogens with one attached hydrogen (secondary N) is 1. The lowest BCUT2D eigenvalue weighted by atomic mass is 10.1. The molecule has 1 atom stereocenters. The maximum Gasteiger partial charge on any atom is 0.417 e. The first-order valence-corrected chi connectivity index (χ1v) is 5.83. The van der Waals surface area contributed by atoms with Crippen LogP contribution in [-0.2, 0) is 6.18 Å². The van der Waals surface area contributed by atoms with Crippen molar-refractivity contribution >= 4 is 5.91 Å². The Hall–Kier alpha value is -1.52. The van der Waals surface area contributed by atoms with Gasteiger partial charge in [-0.2, -0.15) is 13.2 Å². The Morgan fingerprint density at radius 3 is 2.50 bits per heavy atom. The van der Waals surface area contributed by atoms with Crippen LogP contribution >= 0.6 is 0 Å². The molecule has 100 valence electrons. The third-order valence-corrected chi connectivity index (χ3v) is 2.58. The normalized spacial score (nSPS) is 13.2. The maximum atomic E-state index is 12.7. The summed E-state index contributed by atoms with van der Waals surface area (Å²) in [5, 5.41) is 2.57. The fourth-order valence-electron chi connectivity index (χ4n) is 1.74.